The highest BCUT2D eigenvalue weighted by Crippen LogP contribution is 2.43. The molecule has 0 amide bonds. The minimum atomic E-state index is -0.605. The van der Waals surface area contributed by atoms with Crippen LogP contribution >= 0.6 is 0 Å². The zero-order valence-corrected chi connectivity index (χ0v) is 14.0. The first-order valence-electron chi connectivity index (χ1n) is 7.59. The summed E-state index contributed by atoms with van der Waals surface area (Å²) in [5.41, 5.74) is 0.512. The van der Waals surface area contributed by atoms with Gasteiger partial charge in [-0.2, -0.15) is 0 Å². The summed E-state index contributed by atoms with van der Waals surface area (Å²) < 4.78 is 17.0. The Kier molecular flexibility index (Phi) is 6.34. The van der Waals surface area contributed by atoms with Gasteiger partial charge in [-0.1, -0.05) is 20.8 Å². The third-order valence-corrected chi connectivity index (χ3v) is 3.07. The topological polar surface area (TPSA) is 47.9 Å². The second kappa shape index (κ2) is 7.55. The van der Waals surface area contributed by atoms with Crippen LogP contribution in [-0.2, 0) is 0 Å². The Labute approximate surface area is 128 Å². The van der Waals surface area contributed by atoms with Crippen molar-refractivity contribution in [3.8, 4) is 17.2 Å². The molecule has 1 N–H and O–H groups in total. The Morgan fingerprint density at radius 3 is 1.67 bits per heavy atom. The van der Waals surface area contributed by atoms with Gasteiger partial charge in [0.25, 0.3) is 0 Å². The van der Waals surface area contributed by atoms with Gasteiger partial charge in [-0.05, 0) is 43.9 Å². The first-order chi connectivity index (χ1) is 9.85. The third kappa shape index (κ3) is 4.53. The van der Waals surface area contributed by atoms with Gasteiger partial charge >= 0.3 is 0 Å². The molecule has 0 bridgehead atoms. The molecule has 0 aliphatic rings. The second-order valence-corrected chi connectivity index (χ2v) is 5.91. The van der Waals surface area contributed by atoms with E-state index in [1.165, 1.54) is 0 Å². The van der Waals surface area contributed by atoms with Gasteiger partial charge in [0.1, 0.15) is 0 Å². The lowest BCUT2D eigenvalue weighted by Gasteiger charge is -2.27. The van der Waals surface area contributed by atoms with Gasteiger partial charge in [-0.25, -0.2) is 0 Å². The van der Waals surface area contributed by atoms with E-state index in [1.54, 1.807) is 0 Å². The van der Waals surface area contributed by atoms with E-state index < -0.39 is 6.10 Å². The van der Waals surface area contributed by atoms with Crippen molar-refractivity contribution in [3.63, 3.8) is 0 Å². The molecule has 0 spiro atoms. The van der Waals surface area contributed by atoms with Crippen LogP contribution < -0.4 is 14.2 Å². The van der Waals surface area contributed by atoms with Gasteiger partial charge in [0.05, 0.1) is 25.9 Å². The van der Waals surface area contributed by atoms with Crippen molar-refractivity contribution in [1.82, 2.24) is 0 Å². The second-order valence-electron chi connectivity index (χ2n) is 5.91. The lowest BCUT2D eigenvalue weighted by atomic mass is 9.84. The zero-order chi connectivity index (χ0) is 16.0. The normalized spacial score (nSPS) is 12.9. The van der Waals surface area contributed by atoms with E-state index in [-0.39, 0.29) is 5.41 Å². The Morgan fingerprint density at radius 1 is 0.905 bits per heavy atom. The van der Waals surface area contributed by atoms with E-state index in [1.807, 2.05) is 53.7 Å². The van der Waals surface area contributed by atoms with E-state index in [4.69, 9.17) is 14.2 Å². The van der Waals surface area contributed by atoms with Crippen LogP contribution in [0.5, 0.6) is 17.2 Å². The molecule has 1 rings (SSSR count). The van der Waals surface area contributed by atoms with Crippen molar-refractivity contribution in [3.05, 3.63) is 17.7 Å². The minimum absolute atomic E-state index is 0.264. The van der Waals surface area contributed by atoms with Crippen LogP contribution in [0.4, 0.5) is 0 Å². The van der Waals surface area contributed by atoms with Crippen molar-refractivity contribution in [2.75, 3.05) is 19.8 Å². The highest BCUT2D eigenvalue weighted by molar-refractivity contribution is 5.54. The van der Waals surface area contributed by atoms with E-state index in [2.05, 4.69) is 0 Å². The Balaban J connectivity index is 3.34. The molecule has 0 fully saturated rings. The predicted molar refractivity (Wildman–Crippen MR) is 84.4 cm³/mol. The number of benzene rings is 1. The maximum absolute atomic E-state index is 10.5. The van der Waals surface area contributed by atoms with Crippen LogP contribution in [0.25, 0.3) is 0 Å². The quantitative estimate of drug-likeness (QED) is 0.827. The average molecular weight is 296 g/mol. The number of ether oxygens (including phenoxy) is 3. The molecule has 1 aromatic carbocycles. The largest absolute Gasteiger partial charge is 0.490 e. The Morgan fingerprint density at radius 2 is 1.33 bits per heavy atom. The molecule has 1 unspecified atom stereocenters. The molecule has 1 atom stereocenters. The molecule has 0 aromatic heterocycles. The van der Waals surface area contributed by atoms with Crippen LogP contribution in [-0.4, -0.2) is 24.9 Å². The van der Waals surface area contributed by atoms with Crippen molar-refractivity contribution in [2.24, 2.45) is 5.41 Å². The number of aliphatic hydroxyl groups excluding tert-OH is 1. The van der Waals surface area contributed by atoms with E-state index >= 15 is 0 Å². The molecule has 0 saturated heterocycles. The summed E-state index contributed by atoms with van der Waals surface area (Å²) in [5.74, 6) is 1.83. The standard InChI is InChI=1S/C17H28O4/c1-7-19-13-10-12(16(18)17(4,5)6)11-14(20-8-2)15(13)21-9-3/h10-11,16,18H,7-9H2,1-6H3. The first kappa shape index (κ1) is 17.6. The molecular weight excluding hydrogens is 268 g/mol. The summed E-state index contributed by atoms with van der Waals surface area (Å²) in [6, 6.07) is 3.68. The van der Waals surface area contributed by atoms with Crippen molar-refractivity contribution < 1.29 is 19.3 Å². The molecule has 0 heterocycles. The van der Waals surface area contributed by atoms with Crippen molar-refractivity contribution in [1.29, 1.82) is 0 Å². The third-order valence-electron chi connectivity index (χ3n) is 3.07. The maximum Gasteiger partial charge on any atom is 0.203 e. The van der Waals surface area contributed by atoms with E-state index in [0.29, 0.717) is 37.1 Å². The highest BCUT2D eigenvalue weighted by Gasteiger charge is 2.26. The van der Waals surface area contributed by atoms with Gasteiger partial charge in [-0.3, -0.25) is 0 Å². The molecular formula is C17H28O4. The summed E-state index contributed by atoms with van der Waals surface area (Å²) in [5, 5.41) is 10.5. The average Bonchev–Trinajstić information content (AvgIpc) is 2.40. The van der Waals surface area contributed by atoms with Gasteiger partial charge in [0, 0.05) is 0 Å². The van der Waals surface area contributed by atoms with Crippen LogP contribution in [0.1, 0.15) is 53.2 Å². The SMILES string of the molecule is CCOc1cc(C(O)C(C)(C)C)cc(OCC)c1OCC. The molecule has 4 nitrogen and oxygen atoms in total. The minimum Gasteiger partial charge on any atom is -0.490 e. The maximum atomic E-state index is 10.5. The Hall–Kier alpha value is -1.42. The number of aliphatic hydroxyl groups is 1. The fourth-order valence-corrected chi connectivity index (χ4v) is 2.07. The van der Waals surface area contributed by atoms with Crippen molar-refractivity contribution in [2.45, 2.75) is 47.6 Å². The summed E-state index contributed by atoms with van der Waals surface area (Å²) in [7, 11) is 0. The van der Waals surface area contributed by atoms with Crippen LogP contribution in [0.3, 0.4) is 0 Å². The Bertz CT molecular complexity index is 422. The van der Waals surface area contributed by atoms with E-state index in [0.717, 1.165) is 5.56 Å². The molecule has 4 heteroatoms. The smallest absolute Gasteiger partial charge is 0.203 e. The lowest BCUT2D eigenvalue weighted by molar-refractivity contribution is 0.0620. The molecule has 0 saturated carbocycles. The fraction of sp³-hybridized carbons (Fsp3) is 0.647. The van der Waals surface area contributed by atoms with Gasteiger partial charge in [0.15, 0.2) is 11.5 Å². The van der Waals surface area contributed by atoms with Gasteiger partial charge < -0.3 is 19.3 Å². The predicted octanol–water partition coefficient (Wildman–Crippen LogP) is 3.96. The van der Waals surface area contributed by atoms with Crippen LogP contribution in [0, 0.1) is 5.41 Å². The number of hydrogen-bond donors (Lipinski definition) is 1. The summed E-state index contributed by atoms with van der Waals surface area (Å²) >= 11 is 0. The molecule has 21 heavy (non-hydrogen) atoms. The molecule has 0 radical (unpaired) electrons. The number of rotatable bonds is 7. The molecule has 120 valence electrons. The van der Waals surface area contributed by atoms with E-state index in [9.17, 15) is 5.11 Å². The summed E-state index contributed by atoms with van der Waals surface area (Å²) in [6.45, 7) is 13.3. The lowest BCUT2D eigenvalue weighted by Crippen LogP contribution is -2.18. The van der Waals surface area contributed by atoms with Crippen molar-refractivity contribution >= 4 is 0 Å². The monoisotopic (exact) mass is 296 g/mol. The summed E-state index contributed by atoms with van der Waals surface area (Å²) in [4.78, 5) is 0. The van der Waals surface area contributed by atoms with Crippen LogP contribution in [0.2, 0.25) is 0 Å². The molecule has 1 aromatic rings. The van der Waals surface area contributed by atoms with Gasteiger partial charge in [-0.15, -0.1) is 0 Å². The highest BCUT2D eigenvalue weighted by atomic mass is 16.5. The first-order valence-corrected chi connectivity index (χ1v) is 7.59. The number of hydrogen-bond acceptors (Lipinski definition) is 4. The van der Waals surface area contributed by atoms with Crippen LogP contribution in [0.15, 0.2) is 12.1 Å². The molecule has 0 aliphatic carbocycles. The fourth-order valence-electron chi connectivity index (χ4n) is 2.07. The van der Waals surface area contributed by atoms with Gasteiger partial charge in [0.2, 0.25) is 5.75 Å². The molecule has 0 aliphatic heterocycles. The zero-order valence-electron chi connectivity index (χ0n) is 14.0. The summed E-state index contributed by atoms with van der Waals surface area (Å²) in [6.07, 6.45) is -0.605.